The van der Waals surface area contributed by atoms with Crippen LogP contribution in [0, 0.1) is 0 Å². The lowest BCUT2D eigenvalue weighted by molar-refractivity contribution is -0.135. The van der Waals surface area contributed by atoms with E-state index in [4.69, 9.17) is 4.74 Å². The molecule has 1 aromatic rings. The van der Waals surface area contributed by atoms with Gasteiger partial charge in [-0.1, -0.05) is 12.1 Å². The van der Waals surface area contributed by atoms with Crippen molar-refractivity contribution < 1.29 is 19.1 Å². The van der Waals surface area contributed by atoms with Crippen LogP contribution in [-0.2, 0) is 14.3 Å². The first kappa shape index (κ1) is 15.5. The van der Waals surface area contributed by atoms with Crippen LogP contribution in [0.4, 0.5) is 5.69 Å². The molecule has 2 N–H and O–H groups in total. The monoisotopic (exact) mass is 317 g/mol. The van der Waals surface area contributed by atoms with Gasteiger partial charge in [0.15, 0.2) is 0 Å². The highest BCUT2D eigenvalue weighted by molar-refractivity contribution is 6.09. The molecule has 0 spiro atoms. The minimum Gasteiger partial charge on any atom is -0.378 e. The van der Waals surface area contributed by atoms with Crippen LogP contribution in [-0.4, -0.2) is 55.0 Å². The van der Waals surface area contributed by atoms with E-state index in [1.54, 1.807) is 29.2 Å². The lowest BCUT2D eigenvalue weighted by Crippen LogP contribution is -2.44. The average Bonchev–Trinajstić information content (AvgIpc) is 2.70. The Morgan fingerprint density at radius 2 is 1.96 bits per heavy atom. The number of amides is 3. The quantitative estimate of drug-likeness (QED) is 0.843. The number of nitrogens with one attached hydrogen (secondary N) is 2. The second-order valence-corrected chi connectivity index (χ2v) is 5.59. The first-order valence-corrected chi connectivity index (χ1v) is 7.71. The van der Waals surface area contributed by atoms with Crippen LogP contribution in [0.5, 0.6) is 0 Å². The number of hydrogen-bond acceptors (Lipinski definition) is 4. The predicted octanol–water partition coefficient (Wildman–Crippen LogP) is 0.376. The van der Waals surface area contributed by atoms with E-state index in [-0.39, 0.29) is 30.6 Å². The largest absolute Gasteiger partial charge is 0.378 e. The number of hydrogen-bond donors (Lipinski definition) is 2. The predicted molar refractivity (Wildman–Crippen MR) is 83.0 cm³/mol. The van der Waals surface area contributed by atoms with Crippen LogP contribution >= 0.6 is 0 Å². The standard InChI is InChI=1S/C16H19N3O4/c20-14(19-7-9-23-10-8-19)6-5-13-16(22)17-12-4-2-1-3-11(12)15(21)18-13/h1-4,13H,5-10H2,(H,17,22)(H,18,21)/t13-/m1/s1. The molecule has 0 unspecified atom stereocenters. The SMILES string of the molecule is O=C1N[C@H](CCC(=O)N2CCOCC2)C(=O)Nc2ccccc21. The van der Waals surface area contributed by atoms with Gasteiger partial charge < -0.3 is 20.3 Å². The third kappa shape index (κ3) is 3.50. The van der Waals surface area contributed by atoms with Crippen molar-refractivity contribution in [3.8, 4) is 0 Å². The van der Waals surface area contributed by atoms with Crippen LogP contribution in [0.15, 0.2) is 24.3 Å². The molecule has 3 amide bonds. The number of fused-ring (bicyclic) bond motifs is 1. The normalized spacial score (nSPS) is 21.0. The van der Waals surface area contributed by atoms with E-state index < -0.39 is 6.04 Å². The highest BCUT2D eigenvalue weighted by atomic mass is 16.5. The van der Waals surface area contributed by atoms with E-state index in [9.17, 15) is 14.4 Å². The van der Waals surface area contributed by atoms with Crippen LogP contribution < -0.4 is 10.6 Å². The zero-order valence-electron chi connectivity index (χ0n) is 12.7. The fourth-order valence-electron chi connectivity index (χ4n) is 2.75. The van der Waals surface area contributed by atoms with Crippen LogP contribution in [0.3, 0.4) is 0 Å². The first-order chi connectivity index (χ1) is 11.1. The molecule has 1 aromatic carbocycles. The summed E-state index contributed by atoms with van der Waals surface area (Å²) in [6, 6.07) is 6.14. The second kappa shape index (κ2) is 6.78. The molecule has 0 aromatic heterocycles. The maximum absolute atomic E-state index is 12.2. The smallest absolute Gasteiger partial charge is 0.254 e. The van der Waals surface area contributed by atoms with Gasteiger partial charge in [0, 0.05) is 19.5 Å². The molecule has 0 aliphatic carbocycles. The fourth-order valence-corrected chi connectivity index (χ4v) is 2.75. The molecule has 23 heavy (non-hydrogen) atoms. The summed E-state index contributed by atoms with van der Waals surface area (Å²) in [4.78, 5) is 38.3. The van der Waals surface area contributed by atoms with Gasteiger partial charge in [-0.05, 0) is 18.6 Å². The molecule has 122 valence electrons. The van der Waals surface area contributed by atoms with Crippen LogP contribution in [0.1, 0.15) is 23.2 Å². The van der Waals surface area contributed by atoms with Crippen molar-refractivity contribution in [1.29, 1.82) is 0 Å². The van der Waals surface area contributed by atoms with E-state index in [1.165, 1.54) is 0 Å². The van der Waals surface area contributed by atoms with Gasteiger partial charge in [-0.2, -0.15) is 0 Å². The number of para-hydroxylation sites is 1. The summed E-state index contributed by atoms with van der Waals surface area (Å²) >= 11 is 0. The summed E-state index contributed by atoms with van der Waals surface area (Å²) in [6.07, 6.45) is 0.496. The molecule has 0 saturated carbocycles. The molecular weight excluding hydrogens is 298 g/mol. The second-order valence-electron chi connectivity index (χ2n) is 5.59. The number of benzene rings is 1. The molecule has 1 fully saturated rings. The Hall–Kier alpha value is -2.41. The van der Waals surface area contributed by atoms with Crippen molar-refractivity contribution in [2.24, 2.45) is 0 Å². The van der Waals surface area contributed by atoms with E-state index in [1.807, 2.05) is 0 Å². The number of carbonyl (C=O) groups excluding carboxylic acids is 3. The number of morpholine rings is 1. The zero-order chi connectivity index (χ0) is 16.2. The third-order valence-corrected chi connectivity index (χ3v) is 4.06. The number of rotatable bonds is 3. The molecule has 0 bridgehead atoms. The van der Waals surface area contributed by atoms with Crippen LogP contribution in [0.25, 0.3) is 0 Å². The number of ether oxygens (including phenoxy) is 1. The van der Waals surface area contributed by atoms with Gasteiger partial charge in [-0.25, -0.2) is 0 Å². The summed E-state index contributed by atoms with van der Waals surface area (Å²) in [5, 5.41) is 5.44. The highest BCUT2D eigenvalue weighted by Gasteiger charge is 2.28. The van der Waals surface area contributed by atoms with Gasteiger partial charge in [0.2, 0.25) is 11.8 Å². The van der Waals surface area contributed by atoms with Crippen LogP contribution in [0.2, 0.25) is 0 Å². The molecule has 7 heteroatoms. The van der Waals surface area contributed by atoms with Crippen molar-refractivity contribution in [3.63, 3.8) is 0 Å². The number of nitrogens with zero attached hydrogens (tertiary/aromatic N) is 1. The summed E-state index contributed by atoms with van der Waals surface area (Å²) in [5.41, 5.74) is 0.930. The van der Waals surface area contributed by atoms with E-state index in [2.05, 4.69) is 10.6 Å². The lowest BCUT2D eigenvalue weighted by atomic mass is 10.1. The highest BCUT2D eigenvalue weighted by Crippen LogP contribution is 2.19. The first-order valence-electron chi connectivity index (χ1n) is 7.71. The lowest BCUT2D eigenvalue weighted by Gasteiger charge is -2.27. The van der Waals surface area contributed by atoms with Crippen molar-refractivity contribution in [2.45, 2.75) is 18.9 Å². The average molecular weight is 317 g/mol. The Labute approximate surface area is 134 Å². The number of anilines is 1. The number of carbonyl (C=O) groups is 3. The Bertz CT molecular complexity index is 626. The van der Waals surface area contributed by atoms with Gasteiger partial charge in [0.1, 0.15) is 6.04 Å². The minimum absolute atomic E-state index is 0.0166. The summed E-state index contributed by atoms with van der Waals surface area (Å²) < 4.78 is 5.21. The van der Waals surface area contributed by atoms with Crippen molar-refractivity contribution in [1.82, 2.24) is 10.2 Å². The third-order valence-electron chi connectivity index (χ3n) is 4.06. The Kier molecular flexibility index (Phi) is 4.57. The Morgan fingerprint density at radius 1 is 1.22 bits per heavy atom. The van der Waals surface area contributed by atoms with Gasteiger partial charge in [-0.15, -0.1) is 0 Å². The van der Waals surface area contributed by atoms with Gasteiger partial charge >= 0.3 is 0 Å². The summed E-state index contributed by atoms with van der Waals surface area (Å²) in [7, 11) is 0. The Balaban J connectivity index is 1.61. The van der Waals surface area contributed by atoms with Gasteiger partial charge in [-0.3, -0.25) is 14.4 Å². The summed E-state index contributed by atoms with van der Waals surface area (Å²) in [6.45, 7) is 2.24. The van der Waals surface area contributed by atoms with Gasteiger partial charge in [0.05, 0.1) is 24.5 Å². The molecule has 0 radical (unpaired) electrons. The molecule has 2 aliphatic rings. The molecule has 1 atom stereocenters. The molecule has 7 nitrogen and oxygen atoms in total. The molecule has 2 heterocycles. The minimum atomic E-state index is -0.708. The maximum atomic E-state index is 12.2. The fraction of sp³-hybridized carbons (Fsp3) is 0.438. The van der Waals surface area contributed by atoms with Crippen molar-refractivity contribution in [2.75, 3.05) is 31.6 Å². The van der Waals surface area contributed by atoms with E-state index in [0.29, 0.717) is 37.6 Å². The van der Waals surface area contributed by atoms with E-state index >= 15 is 0 Å². The van der Waals surface area contributed by atoms with Crippen molar-refractivity contribution >= 4 is 23.4 Å². The van der Waals surface area contributed by atoms with E-state index in [0.717, 1.165) is 0 Å². The topological polar surface area (TPSA) is 87.7 Å². The molecule has 2 aliphatic heterocycles. The summed E-state index contributed by atoms with van der Waals surface area (Å²) in [5.74, 6) is -0.613. The van der Waals surface area contributed by atoms with Crippen molar-refractivity contribution in [3.05, 3.63) is 29.8 Å². The van der Waals surface area contributed by atoms with Gasteiger partial charge in [0.25, 0.3) is 5.91 Å². The molecule has 1 saturated heterocycles. The molecular formula is C16H19N3O4. The zero-order valence-corrected chi connectivity index (χ0v) is 12.7. The Morgan fingerprint density at radius 3 is 2.74 bits per heavy atom. The molecule has 3 rings (SSSR count). The maximum Gasteiger partial charge on any atom is 0.254 e.